The summed E-state index contributed by atoms with van der Waals surface area (Å²) in [7, 11) is -0.248. The van der Waals surface area contributed by atoms with Crippen LogP contribution in [0.1, 0.15) is 22.9 Å². The highest BCUT2D eigenvalue weighted by atomic mass is 32.2. The first-order chi connectivity index (χ1) is 18.1. The molecule has 3 aromatic carbocycles. The minimum absolute atomic E-state index is 0.0353. The number of nitrogens with two attached hydrogens (primary N) is 1. The van der Waals surface area contributed by atoms with Gasteiger partial charge in [0.2, 0.25) is 0 Å². The molecule has 4 rings (SSSR count). The highest BCUT2D eigenvalue weighted by Crippen LogP contribution is 2.29. The van der Waals surface area contributed by atoms with Crippen LogP contribution in [0.25, 0.3) is 11.1 Å². The van der Waals surface area contributed by atoms with Gasteiger partial charge >= 0.3 is 5.69 Å². The van der Waals surface area contributed by atoms with Gasteiger partial charge in [0.25, 0.3) is 5.56 Å². The Labute approximate surface area is 220 Å². The number of nitrogens with zero attached hydrogens (tertiary/aromatic N) is 2. The van der Waals surface area contributed by atoms with Crippen LogP contribution in [-0.2, 0) is 23.9 Å². The van der Waals surface area contributed by atoms with Gasteiger partial charge in [-0.2, -0.15) is 0 Å². The summed E-state index contributed by atoms with van der Waals surface area (Å²) in [6.45, 7) is 0.956. The fraction of sp³-hybridized carbons (Fsp3) is 0.214. The van der Waals surface area contributed by atoms with Gasteiger partial charge in [-0.15, -0.1) is 0 Å². The molecule has 4 aromatic rings. The van der Waals surface area contributed by atoms with Crippen molar-refractivity contribution < 1.29 is 17.7 Å². The molecule has 0 saturated carbocycles. The highest BCUT2D eigenvalue weighted by Gasteiger charge is 2.24. The van der Waals surface area contributed by atoms with E-state index < -0.39 is 39.7 Å². The fourth-order valence-corrected chi connectivity index (χ4v) is 5.22. The maximum absolute atomic E-state index is 15.4. The van der Waals surface area contributed by atoms with E-state index in [1.165, 1.54) is 61.3 Å². The lowest BCUT2D eigenvalue weighted by Crippen LogP contribution is -2.44. The van der Waals surface area contributed by atoms with E-state index in [2.05, 4.69) is 0 Å². The first-order valence-corrected chi connectivity index (χ1v) is 13.3. The van der Waals surface area contributed by atoms with Crippen molar-refractivity contribution in [3.8, 4) is 16.9 Å². The number of rotatable bonds is 8. The van der Waals surface area contributed by atoms with Gasteiger partial charge < -0.3 is 10.5 Å². The standard InChI is InChI=1S/C28H27F2N3O4S/c1-17-25(19-11-7-13-23(37-2)26(19)30)27(34)33(16-22(31)18-9-5-4-6-10-18)28(35)32(17)15-20-21(29)12-8-14-24(20)38(3)36/h4-14,22H,15-16,31H2,1-3H3/t22-,38?/m0/s1. The van der Waals surface area contributed by atoms with Gasteiger partial charge in [-0.05, 0) is 30.7 Å². The first-order valence-electron chi connectivity index (χ1n) is 11.7. The lowest BCUT2D eigenvalue weighted by Gasteiger charge is -2.21. The third-order valence-corrected chi connectivity index (χ3v) is 7.45. The van der Waals surface area contributed by atoms with Gasteiger partial charge in [-0.3, -0.25) is 18.1 Å². The molecule has 38 heavy (non-hydrogen) atoms. The van der Waals surface area contributed by atoms with Gasteiger partial charge in [-0.25, -0.2) is 13.6 Å². The average molecular weight is 540 g/mol. The first kappa shape index (κ1) is 27.2. The van der Waals surface area contributed by atoms with Gasteiger partial charge in [0.1, 0.15) is 5.82 Å². The van der Waals surface area contributed by atoms with Crippen LogP contribution in [0.3, 0.4) is 0 Å². The van der Waals surface area contributed by atoms with Crippen LogP contribution >= 0.6 is 0 Å². The highest BCUT2D eigenvalue weighted by molar-refractivity contribution is 7.84. The van der Waals surface area contributed by atoms with Crippen molar-refractivity contribution in [2.75, 3.05) is 13.4 Å². The van der Waals surface area contributed by atoms with E-state index in [0.29, 0.717) is 5.56 Å². The summed E-state index contributed by atoms with van der Waals surface area (Å²) < 4.78 is 49.9. The second-order valence-electron chi connectivity index (χ2n) is 8.75. The molecule has 1 aromatic heterocycles. The molecule has 0 saturated heterocycles. The van der Waals surface area contributed by atoms with Gasteiger partial charge in [-0.1, -0.05) is 48.5 Å². The summed E-state index contributed by atoms with van der Waals surface area (Å²) in [4.78, 5) is 27.7. The van der Waals surface area contributed by atoms with Crippen LogP contribution in [0.15, 0.2) is 81.2 Å². The van der Waals surface area contributed by atoms with Crippen molar-refractivity contribution in [1.29, 1.82) is 0 Å². The fourth-order valence-electron chi connectivity index (χ4n) is 4.44. The molecule has 7 nitrogen and oxygen atoms in total. The molecule has 2 N–H and O–H groups in total. The topological polar surface area (TPSA) is 96.3 Å². The summed E-state index contributed by atoms with van der Waals surface area (Å²) in [5.41, 5.74) is 5.55. The molecule has 0 fully saturated rings. The Bertz CT molecular complexity index is 1630. The molecule has 1 heterocycles. The Morgan fingerprint density at radius 2 is 1.66 bits per heavy atom. The molecule has 2 atom stereocenters. The summed E-state index contributed by atoms with van der Waals surface area (Å²) >= 11 is 0. The van der Waals surface area contributed by atoms with Crippen molar-refractivity contribution >= 4 is 10.8 Å². The van der Waals surface area contributed by atoms with Crippen molar-refractivity contribution in [2.45, 2.75) is 31.0 Å². The molecule has 0 aliphatic carbocycles. The number of hydrogen-bond acceptors (Lipinski definition) is 5. The second kappa shape index (κ2) is 11.2. The maximum Gasteiger partial charge on any atom is 0.331 e. The minimum atomic E-state index is -1.55. The van der Waals surface area contributed by atoms with Crippen LogP contribution in [0, 0.1) is 18.6 Å². The summed E-state index contributed by atoms with van der Waals surface area (Å²) in [6.07, 6.45) is 1.41. The molecule has 0 aliphatic heterocycles. The van der Waals surface area contributed by atoms with E-state index >= 15 is 4.39 Å². The van der Waals surface area contributed by atoms with Crippen molar-refractivity contribution in [3.05, 3.63) is 116 Å². The van der Waals surface area contributed by atoms with Gasteiger partial charge in [0.05, 0.1) is 36.6 Å². The van der Waals surface area contributed by atoms with Crippen LogP contribution in [0.5, 0.6) is 5.75 Å². The quantitative estimate of drug-likeness (QED) is 0.368. The largest absolute Gasteiger partial charge is 0.494 e. The molecule has 10 heteroatoms. The van der Waals surface area contributed by atoms with Gasteiger partial charge in [0, 0.05) is 34.0 Å². The molecule has 0 spiro atoms. The summed E-state index contributed by atoms with van der Waals surface area (Å²) in [6, 6.07) is 16.7. The molecule has 0 amide bonds. The van der Waals surface area contributed by atoms with E-state index in [1.54, 1.807) is 24.3 Å². The zero-order valence-corrected chi connectivity index (χ0v) is 21.9. The van der Waals surface area contributed by atoms with Crippen LogP contribution in [-0.4, -0.2) is 26.7 Å². The lowest BCUT2D eigenvalue weighted by molar-refractivity contribution is 0.387. The molecule has 0 bridgehead atoms. The maximum atomic E-state index is 15.4. The van der Waals surface area contributed by atoms with Gasteiger partial charge in [0.15, 0.2) is 11.6 Å². The second-order valence-corrected chi connectivity index (χ2v) is 10.1. The van der Waals surface area contributed by atoms with E-state index in [4.69, 9.17) is 10.5 Å². The minimum Gasteiger partial charge on any atom is -0.494 e. The van der Waals surface area contributed by atoms with Crippen molar-refractivity contribution in [1.82, 2.24) is 9.13 Å². The monoisotopic (exact) mass is 539 g/mol. The SMILES string of the molecule is COc1cccc(-c2c(C)n(Cc3c(F)cccc3S(C)=O)c(=O)n(C[C@H](N)c3ccccc3)c2=O)c1F. The third kappa shape index (κ3) is 5.09. The number of methoxy groups -OCH3 is 1. The number of hydrogen-bond donors (Lipinski definition) is 1. The Kier molecular flexibility index (Phi) is 8.03. The van der Waals surface area contributed by atoms with E-state index in [1.807, 2.05) is 6.07 Å². The number of ether oxygens (including phenoxy) is 1. The zero-order chi connectivity index (χ0) is 27.6. The Balaban J connectivity index is 2.00. The predicted molar refractivity (Wildman–Crippen MR) is 143 cm³/mol. The van der Waals surface area contributed by atoms with E-state index in [9.17, 15) is 18.2 Å². The Hall–Kier alpha value is -3.89. The molecule has 0 radical (unpaired) electrons. The Morgan fingerprint density at radius 1 is 0.974 bits per heavy atom. The van der Waals surface area contributed by atoms with Crippen molar-refractivity contribution in [2.24, 2.45) is 5.73 Å². The Morgan fingerprint density at radius 3 is 2.32 bits per heavy atom. The average Bonchev–Trinajstić information content (AvgIpc) is 2.91. The number of benzene rings is 3. The molecule has 198 valence electrons. The van der Waals surface area contributed by atoms with Crippen molar-refractivity contribution in [3.63, 3.8) is 0 Å². The molecule has 1 unspecified atom stereocenters. The molecule has 0 aliphatic rings. The summed E-state index contributed by atoms with van der Waals surface area (Å²) in [5, 5.41) is 0. The zero-order valence-electron chi connectivity index (χ0n) is 21.1. The van der Waals surface area contributed by atoms with Crippen LogP contribution < -0.4 is 21.7 Å². The lowest BCUT2D eigenvalue weighted by atomic mass is 10.0. The number of aromatic nitrogens is 2. The third-order valence-electron chi connectivity index (χ3n) is 6.45. The van der Waals surface area contributed by atoms with Crippen LogP contribution in [0.4, 0.5) is 8.78 Å². The predicted octanol–water partition coefficient (Wildman–Crippen LogP) is 3.76. The normalized spacial score (nSPS) is 12.8. The smallest absolute Gasteiger partial charge is 0.331 e. The molecular weight excluding hydrogens is 512 g/mol. The van der Waals surface area contributed by atoms with E-state index in [0.717, 1.165) is 4.57 Å². The molecular formula is C28H27F2N3O4S. The van der Waals surface area contributed by atoms with Crippen LogP contribution in [0.2, 0.25) is 0 Å². The number of halogens is 2. The summed E-state index contributed by atoms with van der Waals surface area (Å²) in [5.74, 6) is -1.51. The van der Waals surface area contributed by atoms with E-state index in [-0.39, 0.29) is 46.1 Å².